The van der Waals surface area contributed by atoms with Crippen molar-refractivity contribution in [3.05, 3.63) is 23.8 Å². The Bertz CT molecular complexity index is 571. The zero-order valence-electron chi connectivity index (χ0n) is 15.7. The molecule has 0 aliphatic rings. The lowest BCUT2D eigenvalue weighted by Crippen LogP contribution is -2.41. The van der Waals surface area contributed by atoms with Crippen LogP contribution in [0.5, 0.6) is 17.2 Å². The Balaban J connectivity index is 2.99. The zero-order chi connectivity index (χ0) is 18.3. The molecule has 134 valence electrons. The van der Waals surface area contributed by atoms with Crippen LogP contribution in [0.15, 0.2) is 18.2 Å². The first-order valence-electron chi connectivity index (χ1n) is 8.13. The lowest BCUT2D eigenvalue weighted by atomic mass is 9.93. The van der Waals surface area contributed by atoms with Gasteiger partial charge in [-0.2, -0.15) is 0 Å². The van der Waals surface area contributed by atoms with Crippen molar-refractivity contribution in [2.75, 3.05) is 21.3 Å². The molecule has 1 aromatic carbocycles. The van der Waals surface area contributed by atoms with E-state index in [2.05, 4.69) is 33.0 Å². The first-order chi connectivity index (χ1) is 11.3. The van der Waals surface area contributed by atoms with Crippen molar-refractivity contribution in [1.29, 1.82) is 0 Å². The van der Waals surface area contributed by atoms with Crippen LogP contribution in [0.2, 0.25) is 0 Å². The van der Waals surface area contributed by atoms with Gasteiger partial charge in [-0.25, -0.2) is 0 Å². The summed E-state index contributed by atoms with van der Waals surface area (Å²) in [6.07, 6.45) is 3.23. The van der Waals surface area contributed by atoms with Crippen molar-refractivity contribution in [1.82, 2.24) is 5.32 Å². The summed E-state index contributed by atoms with van der Waals surface area (Å²) >= 11 is 0. The molecule has 0 saturated heterocycles. The molecule has 0 fully saturated rings. The summed E-state index contributed by atoms with van der Waals surface area (Å²) in [5.41, 5.74) is 0.746. The van der Waals surface area contributed by atoms with Crippen molar-refractivity contribution in [3.8, 4) is 17.2 Å². The highest BCUT2D eigenvalue weighted by molar-refractivity contribution is 5.92. The Labute approximate surface area is 145 Å². The minimum Gasteiger partial charge on any atom is -0.493 e. The summed E-state index contributed by atoms with van der Waals surface area (Å²) < 4.78 is 16.0. The summed E-state index contributed by atoms with van der Waals surface area (Å²) in [5.74, 6) is 2.24. The van der Waals surface area contributed by atoms with Gasteiger partial charge in [-0.1, -0.05) is 27.7 Å². The van der Waals surface area contributed by atoms with Gasteiger partial charge in [0.1, 0.15) is 0 Å². The fraction of sp³-hybridized carbons (Fsp3) is 0.526. The van der Waals surface area contributed by atoms with Gasteiger partial charge in [0, 0.05) is 17.7 Å². The molecule has 0 aromatic heterocycles. The van der Waals surface area contributed by atoms with E-state index in [1.807, 2.05) is 6.07 Å². The summed E-state index contributed by atoms with van der Waals surface area (Å²) in [4.78, 5) is 12.2. The Morgan fingerprint density at radius 1 is 0.958 bits per heavy atom. The normalized spacial score (nSPS) is 11.4. The van der Waals surface area contributed by atoms with Gasteiger partial charge in [-0.05, 0) is 30.0 Å². The minimum absolute atomic E-state index is 0.126. The van der Waals surface area contributed by atoms with E-state index in [9.17, 15) is 4.79 Å². The summed E-state index contributed by atoms with van der Waals surface area (Å²) in [5, 5.41) is 3.05. The molecule has 24 heavy (non-hydrogen) atoms. The predicted molar refractivity (Wildman–Crippen MR) is 96.7 cm³/mol. The number of hydrogen-bond donors (Lipinski definition) is 1. The molecule has 0 saturated carbocycles. The Morgan fingerprint density at radius 2 is 1.54 bits per heavy atom. The molecular weight excluding hydrogens is 306 g/mol. The molecule has 0 aliphatic carbocycles. The van der Waals surface area contributed by atoms with Crippen molar-refractivity contribution >= 4 is 12.0 Å². The zero-order valence-corrected chi connectivity index (χ0v) is 15.7. The second kappa shape index (κ2) is 9.21. The smallest absolute Gasteiger partial charge is 0.244 e. The SMILES string of the molecule is COc1ccc(/C=C/C(=O)NC(C(C)C)C(C)C)c(OC)c1OC. The number of rotatable bonds is 8. The molecule has 0 atom stereocenters. The molecule has 0 unspecified atom stereocenters. The fourth-order valence-corrected chi connectivity index (χ4v) is 2.74. The molecule has 0 radical (unpaired) electrons. The van der Waals surface area contributed by atoms with Crippen molar-refractivity contribution in [3.63, 3.8) is 0 Å². The monoisotopic (exact) mass is 335 g/mol. The third kappa shape index (κ3) is 4.91. The van der Waals surface area contributed by atoms with E-state index in [0.29, 0.717) is 29.1 Å². The van der Waals surface area contributed by atoms with Crippen LogP contribution in [0.25, 0.3) is 6.08 Å². The summed E-state index contributed by atoms with van der Waals surface area (Å²) in [6.45, 7) is 8.41. The van der Waals surface area contributed by atoms with Gasteiger partial charge in [-0.3, -0.25) is 4.79 Å². The summed E-state index contributed by atoms with van der Waals surface area (Å²) in [6, 6.07) is 3.74. The first-order valence-corrected chi connectivity index (χ1v) is 8.13. The van der Waals surface area contributed by atoms with Gasteiger partial charge >= 0.3 is 0 Å². The maximum atomic E-state index is 12.2. The minimum atomic E-state index is -0.126. The summed E-state index contributed by atoms with van der Waals surface area (Å²) in [7, 11) is 4.68. The number of carbonyl (C=O) groups is 1. The van der Waals surface area contributed by atoms with Gasteiger partial charge in [0.2, 0.25) is 11.7 Å². The molecule has 1 rings (SSSR count). The lowest BCUT2D eigenvalue weighted by Gasteiger charge is -2.25. The van der Waals surface area contributed by atoms with Crippen LogP contribution in [-0.4, -0.2) is 33.3 Å². The highest BCUT2D eigenvalue weighted by atomic mass is 16.5. The molecule has 5 heteroatoms. The maximum Gasteiger partial charge on any atom is 0.244 e. The molecule has 0 aliphatic heterocycles. The van der Waals surface area contributed by atoms with E-state index in [1.165, 1.54) is 6.08 Å². The van der Waals surface area contributed by atoms with Gasteiger partial charge < -0.3 is 19.5 Å². The Kier molecular flexibility index (Phi) is 7.62. The second-order valence-electron chi connectivity index (χ2n) is 6.28. The van der Waals surface area contributed by atoms with Gasteiger partial charge in [0.15, 0.2) is 11.5 Å². The number of nitrogens with one attached hydrogen (secondary N) is 1. The predicted octanol–water partition coefficient (Wildman–Crippen LogP) is 3.52. The third-order valence-electron chi connectivity index (χ3n) is 3.89. The Hall–Kier alpha value is -2.17. The second-order valence-corrected chi connectivity index (χ2v) is 6.28. The van der Waals surface area contributed by atoms with Crippen molar-refractivity contribution < 1.29 is 19.0 Å². The number of benzene rings is 1. The van der Waals surface area contributed by atoms with Gasteiger partial charge in [0.05, 0.1) is 21.3 Å². The molecule has 0 heterocycles. The standard InChI is InChI=1S/C19H29NO4/c1-12(2)17(13(3)4)20-16(21)11-9-14-8-10-15(22-5)19(24-7)18(14)23-6/h8-13,17H,1-7H3,(H,20,21)/b11-9+. The highest BCUT2D eigenvalue weighted by Crippen LogP contribution is 2.40. The average Bonchev–Trinajstić information content (AvgIpc) is 2.55. The fourth-order valence-electron chi connectivity index (χ4n) is 2.74. The van der Waals surface area contributed by atoms with Crippen LogP contribution >= 0.6 is 0 Å². The lowest BCUT2D eigenvalue weighted by molar-refractivity contribution is -0.117. The number of amides is 1. The average molecular weight is 335 g/mol. The van der Waals surface area contributed by atoms with E-state index < -0.39 is 0 Å². The van der Waals surface area contributed by atoms with Gasteiger partial charge in [-0.15, -0.1) is 0 Å². The number of methoxy groups -OCH3 is 3. The van der Waals surface area contributed by atoms with Crippen LogP contribution in [0.3, 0.4) is 0 Å². The number of hydrogen-bond acceptors (Lipinski definition) is 4. The first kappa shape index (κ1) is 19.9. The van der Waals surface area contributed by atoms with E-state index >= 15 is 0 Å². The highest BCUT2D eigenvalue weighted by Gasteiger charge is 2.19. The third-order valence-corrected chi connectivity index (χ3v) is 3.89. The van der Waals surface area contributed by atoms with Crippen LogP contribution < -0.4 is 19.5 Å². The topological polar surface area (TPSA) is 56.8 Å². The van der Waals surface area contributed by atoms with Crippen LogP contribution in [0.1, 0.15) is 33.3 Å². The largest absolute Gasteiger partial charge is 0.493 e. The molecule has 1 N–H and O–H groups in total. The quantitative estimate of drug-likeness (QED) is 0.739. The van der Waals surface area contributed by atoms with Crippen LogP contribution in [0, 0.1) is 11.8 Å². The Morgan fingerprint density at radius 3 is 2.00 bits per heavy atom. The molecule has 0 bridgehead atoms. The van der Waals surface area contributed by atoms with Gasteiger partial charge in [0.25, 0.3) is 0 Å². The van der Waals surface area contributed by atoms with E-state index in [-0.39, 0.29) is 11.9 Å². The number of carbonyl (C=O) groups excluding carboxylic acids is 1. The maximum absolute atomic E-state index is 12.2. The van der Waals surface area contributed by atoms with E-state index in [0.717, 1.165) is 5.56 Å². The van der Waals surface area contributed by atoms with Crippen molar-refractivity contribution in [2.45, 2.75) is 33.7 Å². The molecule has 1 aromatic rings. The molecule has 5 nitrogen and oxygen atoms in total. The van der Waals surface area contributed by atoms with Crippen LogP contribution in [-0.2, 0) is 4.79 Å². The molecule has 1 amide bonds. The van der Waals surface area contributed by atoms with E-state index in [1.54, 1.807) is 33.5 Å². The number of ether oxygens (including phenoxy) is 3. The van der Waals surface area contributed by atoms with Crippen LogP contribution in [0.4, 0.5) is 0 Å². The van der Waals surface area contributed by atoms with E-state index in [4.69, 9.17) is 14.2 Å². The van der Waals surface area contributed by atoms with Crippen molar-refractivity contribution in [2.24, 2.45) is 11.8 Å². The molecular formula is C19H29NO4. The molecule has 0 spiro atoms.